The molecule has 1 saturated carbocycles. The van der Waals surface area contributed by atoms with Crippen LogP contribution in [0.1, 0.15) is 51.4 Å². The number of hydrogen-bond acceptors (Lipinski definition) is 6. The van der Waals surface area contributed by atoms with Gasteiger partial charge in [0.1, 0.15) is 12.3 Å². The van der Waals surface area contributed by atoms with Crippen molar-refractivity contribution < 1.29 is 14.3 Å². The maximum absolute atomic E-state index is 12.6. The van der Waals surface area contributed by atoms with Crippen LogP contribution in [0.3, 0.4) is 0 Å². The minimum absolute atomic E-state index is 0.00631. The zero-order valence-corrected chi connectivity index (χ0v) is 18.7. The van der Waals surface area contributed by atoms with Crippen molar-refractivity contribution in [3.05, 3.63) is 28.6 Å². The summed E-state index contributed by atoms with van der Waals surface area (Å²) in [6, 6.07) is 5.79. The molecule has 3 aliphatic rings. The van der Waals surface area contributed by atoms with Crippen LogP contribution in [-0.2, 0) is 16.1 Å². The van der Waals surface area contributed by atoms with Gasteiger partial charge >= 0.3 is 0 Å². The third kappa shape index (κ3) is 4.46. The van der Waals surface area contributed by atoms with Gasteiger partial charge < -0.3 is 15.8 Å². The fourth-order valence-electron chi connectivity index (χ4n) is 5.72. The van der Waals surface area contributed by atoms with E-state index in [-0.39, 0.29) is 41.8 Å². The Hall–Kier alpha value is -2.94. The molecule has 9 nitrogen and oxygen atoms in total. The first-order valence-electron chi connectivity index (χ1n) is 12.0. The molecule has 1 aromatic carbocycles. The van der Waals surface area contributed by atoms with Crippen molar-refractivity contribution in [2.24, 2.45) is 17.6 Å². The molecule has 4 N–H and O–H groups in total. The van der Waals surface area contributed by atoms with Crippen LogP contribution < -0.4 is 26.7 Å². The van der Waals surface area contributed by atoms with Gasteiger partial charge in [-0.1, -0.05) is 12.8 Å². The second kappa shape index (κ2) is 9.13. The van der Waals surface area contributed by atoms with Crippen LogP contribution in [-0.4, -0.2) is 40.1 Å². The molecule has 0 radical (unpaired) electrons. The van der Waals surface area contributed by atoms with E-state index in [1.54, 1.807) is 18.2 Å². The molecule has 176 valence electrons. The molecule has 4 atom stereocenters. The lowest BCUT2D eigenvalue weighted by atomic mass is 9.75. The van der Waals surface area contributed by atoms with E-state index in [2.05, 4.69) is 15.6 Å². The lowest BCUT2D eigenvalue weighted by molar-refractivity contribution is -0.123. The molecule has 2 aromatic rings. The van der Waals surface area contributed by atoms with Gasteiger partial charge in [0.25, 0.3) is 5.56 Å². The van der Waals surface area contributed by atoms with Crippen LogP contribution in [0.2, 0.25) is 0 Å². The molecular formula is C24H31N5O4. The average molecular weight is 454 g/mol. The second-order valence-electron chi connectivity index (χ2n) is 9.55. The van der Waals surface area contributed by atoms with Crippen LogP contribution in [0, 0.1) is 11.8 Å². The second-order valence-corrected chi connectivity index (χ2v) is 9.55. The lowest BCUT2D eigenvalue weighted by Crippen LogP contribution is -2.54. The summed E-state index contributed by atoms with van der Waals surface area (Å²) in [5, 5.41) is 6.77. The Morgan fingerprint density at radius 3 is 2.91 bits per heavy atom. The summed E-state index contributed by atoms with van der Waals surface area (Å²) >= 11 is 0. The molecule has 2 fully saturated rings. The normalized spacial score (nSPS) is 25.2. The van der Waals surface area contributed by atoms with E-state index in [9.17, 15) is 14.4 Å². The Balaban J connectivity index is 1.18. The van der Waals surface area contributed by atoms with Gasteiger partial charge in [-0.05, 0) is 56.6 Å². The fraction of sp³-hybridized carbons (Fsp3) is 0.583. The molecule has 2 aliphatic heterocycles. The summed E-state index contributed by atoms with van der Waals surface area (Å²) in [4.78, 5) is 40.7. The maximum atomic E-state index is 12.6. The molecule has 1 saturated heterocycles. The van der Waals surface area contributed by atoms with Gasteiger partial charge in [0.15, 0.2) is 0 Å². The number of primary amides is 1. The third-order valence-electron chi connectivity index (χ3n) is 7.44. The van der Waals surface area contributed by atoms with E-state index in [1.165, 1.54) is 36.7 Å². The molecule has 4 unspecified atom stereocenters. The highest BCUT2D eigenvalue weighted by atomic mass is 16.5. The average Bonchev–Trinajstić information content (AvgIpc) is 3.19. The number of fused-ring (bicyclic) bond motifs is 3. The topological polar surface area (TPSA) is 128 Å². The maximum Gasteiger partial charge on any atom is 0.263 e. The third-order valence-corrected chi connectivity index (χ3v) is 7.44. The standard InChI is InChI=1S/C24H31N5O4/c25-22(31)16(19-10-7-14-4-1-2-6-18(14)26-19)5-3-11-33-15-8-9-17-20(12-15)27-24-28-21(30)13-29(24)23(17)32/h8-9,12,14,16,18-19,26H,1-7,10-11,13H2,(H2,25,31)(H,27,28,30). The van der Waals surface area contributed by atoms with Gasteiger partial charge in [-0.15, -0.1) is 0 Å². The minimum Gasteiger partial charge on any atom is -0.494 e. The molecule has 1 aromatic heterocycles. The number of ether oxygens (including phenoxy) is 1. The van der Waals surface area contributed by atoms with Crippen molar-refractivity contribution in [1.29, 1.82) is 0 Å². The Morgan fingerprint density at radius 1 is 1.21 bits per heavy atom. The molecule has 2 amide bonds. The number of amides is 2. The molecule has 0 bridgehead atoms. The number of nitrogens with zero attached hydrogens (tertiary/aromatic N) is 2. The van der Waals surface area contributed by atoms with Crippen molar-refractivity contribution in [2.75, 3.05) is 11.9 Å². The van der Waals surface area contributed by atoms with Crippen LogP contribution in [0.4, 0.5) is 5.95 Å². The summed E-state index contributed by atoms with van der Waals surface area (Å²) in [5.74, 6) is 0.922. The van der Waals surface area contributed by atoms with Gasteiger partial charge in [0.2, 0.25) is 17.8 Å². The molecule has 5 rings (SSSR count). The molecule has 0 spiro atoms. The summed E-state index contributed by atoms with van der Waals surface area (Å²) < 4.78 is 7.23. The van der Waals surface area contributed by atoms with Crippen molar-refractivity contribution in [1.82, 2.24) is 14.9 Å². The van der Waals surface area contributed by atoms with Crippen molar-refractivity contribution in [2.45, 2.75) is 70.0 Å². The molecular weight excluding hydrogens is 422 g/mol. The van der Waals surface area contributed by atoms with E-state index in [0.717, 1.165) is 12.3 Å². The van der Waals surface area contributed by atoms with Crippen LogP contribution in [0.15, 0.2) is 23.0 Å². The first-order valence-corrected chi connectivity index (χ1v) is 12.0. The number of anilines is 1. The van der Waals surface area contributed by atoms with Crippen LogP contribution in [0.25, 0.3) is 10.9 Å². The van der Waals surface area contributed by atoms with Gasteiger partial charge in [0.05, 0.1) is 23.4 Å². The number of rotatable bonds is 7. The Labute approximate surface area is 192 Å². The zero-order chi connectivity index (χ0) is 22.9. The highest BCUT2D eigenvalue weighted by Crippen LogP contribution is 2.34. The molecule has 33 heavy (non-hydrogen) atoms. The number of nitrogens with one attached hydrogen (secondary N) is 2. The van der Waals surface area contributed by atoms with Gasteiger partial charge in [-0.3, -0.25) is 24.3 Å². The van der Waals surface area contributed by atoms with Gasteiger partial charge in [0, 0.05) is 18.2 Å². The van der Waals surface area contributed by atoms with E-state index in [4.69, 9.17) is 10.5 Å². The Morgan fingerprint density at radius 2 is 2.06 bits per heavy atom. The van der Waals surface area contributed by atoms with Gasteiger partial charge in [-0.25, -0.2) is 4.98 Å². The van der Waals surface area contributed by atoms with E-state index in [1.807, 2.05) is 0 Å². The number of nitrogens with two attached hydrogens (primary N) is 1. The smallest absolute Gasteiger partial charge is 0.263 e. The fourth-order valence-corrected chi connectivity index (χ4v) is 5.72. The monoisotopic (exact) mass is 453 g/mol. The largest absolute Gasteiger partial charge is 0.494 e. The summed E-state index contributed by atoms with van der Waals surface area (Å²) in [6.45, 7) is 0.433. The Kier molecular flexibility index (Phi) is 6.05. The van der Waals surface area contributed by atoms with Crippen LogP contribution >= 0.6 is 0 Å². The van der Waals surface area contributed by atoms with Crippen molar-refractivity contribution in [3.8, 4) is 5.75 Å². The summed E-state index contributed by atoms with van der Waals surface area (Å²) in [7, 11) is 0. The molecule has 3 heterocycles. The van der Waals surface area contributed by atoms with E-state index >= 15 is 0 Å². The number of carbonyl (C=O) groups excluding carboxylic acids is 2. The molecule has 9 heteroatoms. The Bertz CT molecular complexity index is 1130. The minimum atomic E-state index is -0.248. The van der Waals surface area contributed by atoms with E-state index < -0.39 is 0 Å². The molecule has 1 aliphatic carbocycles. The van der Waals surface area contributed by atoms with E-state index in [0.29, 0.717) is 42.1 Å². The predicted octanol–water partition coefficient (Wildman–Crippen LogP) is 1.92. The van der Waals surface area contributed by atoms with Crippen molar-refractivity contribution >= 4 is 28.7 Å². The van der Waals surface area contributed by atoms with Gasteiger partial charge in [-0.2, -0.15) is 0 Å². The number of hydrogen-bond donors (Lipinski definition) is 3. The zero-order valence-electron chi connectivity index (χ0n) is 18.7. The number of piperidine rings is 1. The van der Waals surface area contributed by atoms with Crippen molar-refractivity contribution in [3.63, 3.8) is 0 Å². The highest BCUT2D eigenvalue weighted by molar-refractivity contribution is 5.94. The number of aromatic nitrogens is 2. The SMILES string of the molecule is NC(=O)C(CCCOc1ccc2c(=O)n3c(nc2c1)NC(=O)C3)C1CCC2CCCCC2N1. The van der Waals surface area contributed by atoms with Crippen LogP contribution in [0.5, 0.6) is 5.75 Å². The summed E-state index contributed by atoms with van der Waals surface area (Å²) in [6.07, 6.45) is 8.63. The predicted molar refractivity (Wildman–Crippen MR) is 124 cm³/mol. The number of benzene rings is 1. The first-order chi connectivity index (χ1) is 16.0. The quantitative estimate of drug-likeness (QED) is 0.550. The number of carbonyl (C=O) groups is 2. The lowest BCUT2D eigenvalue weighted by Gasteiger charge is -2.42. The highest BCUT2D eigenvalue weighted by Gasteiger charge is 2.36. The first kappa shape index (κ1) is 21.9. The summed E-state index contributed by atoms with van der Waals surface area (Å²) in [5.41, 5.74) is 6.01.